The molecule has 0 N–H and O–H groups in total. The summed E-state index contributed by atoms with van der Waals surface area (Å²) in [5.41, 5.74) is 0.879. The van der Waals surface area contributed by atoms with Crippen LogP contribution in [0.3, 0.4) is 0 Å². The van der Waals surface area contributed by atoms with Crippen molar-refractivity contribution in [1.82, 2.24) is 9.97 Å². The number of aromatic nitrogens is 2. The summed E-state index contributed by atoms with van der Waals surface area (Å²) in [7, 11) is 0. The molecule has 0 aliphatic carbocycles. The number of nitroso groups, excluding NO2 is 1. The lowest BCUT2D eigenvalue weighted by atomic mass is 9.97. The van der Waals surface area contributed by atoms with Gasteiger partial charge in [-0.25, -0.2) is 4.98 Å². The normalized spacial score (nSPS) is 14.1. The zero-order valence-corrected chi connectivity index (χ0v) is 16.1. The van der Waals surface area contributed by atoms with Gasteiger partial charge >= 0.3 is 5.97 Å². The number of nitriles is 1. The van der Waals surface area contributed by atoms with Crippen molar-refractivity contribution in [3.63, 3.8) is 0 Å². The lowest BCUT2D eigenvalue weighted by Gasteiger charge is -2.31. The van der Waals surface area contributed by atoms with Gasteiger partial charge < -0.3 is 14.4 Å². The number of benzene rings is 1. The van der Waals surface area contributed by atoms with Crippen LogP contribution in [0.2, 0.25) is 0 Å². The second-order valence-corrected chi connectivity index (χ2v) is 6.54. The van der Waals surface area contributed by atoms with E-state index in [1.807, 2.05) is 4.90 Å². The summed E-state index contributed by atoms with van der Waals surface area (Å²) in [5.74, 6) is 0.581. The van der Waals surface area contributed by atoms with Crippen LogP contribution in [0.15, 0.2) is 35.8 Å². The van der Waals surface area contributed by atoms with Gasteiger partial charge in [-0.15, -0.1) is 4.91 Å². The Bertz CT molecular complexity index is 902. The monoisotopic (exact) mass is 395 g/mol. The molecule has 1 fully saturated rings. The van der Waals surface area contributed by atoms with Crippen LogP contribution in [-0.4, -0.2) is 35.6 Å². The number of ether oxygens (including phenoxy) is 2. The van der Waals surface area contributed by atoms with Gasteiger partial charge in [-0.1, -0.05) is 12.1 Å². The second kappa shape index (κ2) is 9.59. The minimum absolute atomic E-state index is 0.0168. The Balaban J connectivity index is 1.74. The molecule has 0 saturated carbocycles. The molecular formula is C20H21N5O4. The molecule has 1 aliphatic heterocycles. The molecule has 2 heterocycles. The number of hydrogen-bond acceptors (Lipinski definition) is 9. The van der Waals surface area contributed by atoms with Crippen molar-refractivity contribution >= 4 is 17.5 Å². The number of anilines is 1. The SMILES string of the molecule is CCOC(=O)C1CCN(c2ncnc(Oc3ccc(CC#N)cc3)c2N=O)CC1. The van der Waals surface area contributed by atoms with Gasteiger partial charge in [0, 0.05) is 13.1 Å². The third-order valence-electron chi connectivity index (χ3n) is 4.70. The fraction of sp³-hybridized carbons (Fsp3) is 0.400. The largest absolute Gasteiger partial charge is 0.466 e. The summed E-state index contributed by atoms with van der Waals surface area (Å²) >= 11 is 0. The van der Waals surface area contributed by atoms with Crippen molar-refractivity contribution in [2.45, 2.75) is 26.2 Å². The molecule has 0 amide bonds. The van der Waals surface area contributed by atoms with Crippen molar-refractivity contribution in [2.75, 3.05) is 24.6 Å². The first-order chi connectivity index (χ1) is 14.2. The predicted molar refractivity (Wildman–Crippen MR) is 105 cm³/mol. The highest BCUT2D eigenvalue weighted by molar-refractivity contribution is 5.73. The Hall–Kier alpha value is -3.54. The number of carbonyl (C=O) groups excluding carboxylic acids is 1. The Morgan fingerprint density at radius 1 is 1.28 bits per heavy atom. The van der Waals surface area contributed by atoms with E-state index in [4.69, 9.17) is 14.7 Å². The Labute approximate surface area is 168 Å². The average molecular weight is 395 g/mol. The first-order valence-corrected chi connectivity index (χ1v) is 9.40. The molecule has 9 heteroatoms. The third-order valence-corrected chi connectivity index (χ3v) is 4.70. The minimum atomic E-state index is -0.188. The lowest BCUT2D eigenvalue weighted by molar-refractivity contribution is -0.148. The molecule has 0 unspecified atom stereocenters. The van der Waals surface area contributed by atoms with E-state index < -0.39 is 0 Å². The molecule has 3 rings (SSSR count). The fourth-order valence-electron chi connectivity index (χ4n) is 3.21. The highest BCUT2D eigenvalue weighted by atomic mass is 16.5. The number of rotatable bonds is 7. The molecule has 2 aromatic rings. The number of nitrogens with zero attached hydrogens (tertiary/aromatic N) is 5. The van der Waals surface area contributed by atoms with Gasteiger partial charge in [0.25, 0.3) is 5.88 Å². The van der Waals surface area contributed by atoms with Crippen LogP contribution in [0.25, 0.3) is 0 Å². The number of hydrogen-bond donors (Lipinski definition) is 0. The summed E-state index contributed by atoms with van der Waals surface area (Å²) in [4.78, 5) is 33.6. The molecule has 0 radical (unpaired) electrons. The molecule has 9 nitrogen and oxygen atoms in total. The average Bonchev–Trinajstić information content (AvgIpc) is 2.75. The van der Waals surface area contributed by atoms with E-state index in [9.17, 15) is 9.70 Å². The van der Waals surface area contributed by atoms with Crippen LogP contribution in [0, 0.1) is 22.2 Å². The zero-order valence-electron chi connectivity index (χ0n) is 16.1. The van der Waals surface area contributed by atoms with E-state index >= 15 is 0 Å². The molecule has 29 heavy (non-hydrogen) atoms. The highest BCUT2D eigenvalue weighted by Gasteiger charge is 2.29. The lowest BCUT2D eigenvalue weighted by Crippen LogP contribution is -2.37. The van der Waals surface area contributed by atoms with E-state index in [0.29, 0.717) is 50.5 Å². The van der Waals surface area contributed by atoms with Crippen LogP contribution in [0.5, 0.6) is 11.6 Å². The number of piperidine rings is 1. The minimum Gasteiger partial charge on any atom is -0.466 e. The van der Waals surface area contributed by atoms with Gasteiger partial charge in [0.05, 0.1) is 25.0 Å². The standard InChI is InChI=1S/C20H21N5O4/c1-2-28-20(26)15-8-11-25(12-9-15)18-17(24-27)19(23-13-22-18)29-16-5-3-14(4-6-16)7-10-21/h3-6,13,15H,2,7-9,11-12H2,1H3. The van der Waals surface area contributed by atoms with Gasteiger partial charge in [-0.3, -0.25) is 4.79 Å². The third kappa shape index (κ3) is 4.85. The molecule has 1 saturated heterocycles. The maximum absolute atomic E-state index is 11.9. The number of esters is 1. The van der Waals surface area contributed by atoms with E-state index in [2.05, 4.69) is 21.2 Å². The van der Waals surface area contributed by atoms with Crippen LogP contribution in [0.4, 0.5) is 11.5 Å². The van der Waals surface area contributed by atoms with Crippen LogP contribution < -0.4 is 9.64 Å². The van der Waals surface area contributed by atoms with Gasteiger partial charge in [0.2, 0.25) is 5.69 Å². The Kier molecular flexibility index (Phi) is 6.68. The zero-order chi connectivity index (χ0) is 20.6. The van der Waals surface area contributed by atoms with Crippen molar-refractivity contribution < 1.29 is 14.3 Å². The maximum Gasteiger partial charge on any atom is 0.309 e. The first-order valence-electron chi connectivity index (χ1n) is 9.40. The van der Waals surface area contributed by atoms with Gasteiger partial charge in [0.15, 0.2) is 5.82 Å². The second-order valence-electron chi connectivity index (χ2n) is 6.54. The highest BCUT2D eigenvalue weighted by Crippen LogP contribution is 2.38. The smallest absolute Gasteiger partial charge is 0.309 e. The van der Waals surface area contributed by atoms with Gasteiger partial charge in [0.1, 0.15) is 12.1 Å². The van der Waals surface area contributed by atoms with Gasteiger partial charge in [-0.2, -0.15) is 10.2 Å². The topological polar surface area (TPSA) is 118 Å². The van der Waals surface area contributed by atoms with Gasteiger partial charge in [-0.05, 0) is 42.6 Å². The molecular weight excluding hydrogens is 374 g/mol. The Morgan fingerprint density at radius 3 is 2.62 bits per heavy atom. The van der Waals surface area contributed by atoms with Crippen LogP contribution in [0.1, 0.15) is 25.3 Å². The predicted octanol–water partition coefficient (Wildman–Crippen LogP) is 3.51. The summed E-state index contributed by atoms with van der Waals surface area (Å²) in [6.07, 6.45) is 2.84. The summed E-state index contributed by atoms with van der Waals surface area (Å²) in [6.45, 7) is 3.24. The van der Waals surface area contributed by atoms with Crippen LogP contribution in [-0.2, 0) is 16.0 Å². The van der Waals surface area contributed by atoms with E-state index in [1.165, 1.54) is 6.33 Å². The molecule has 1 aliphatic rings. The van der Waals surface area contributed by atoms with E-state index in [1.54, 1.807) is 31.2 Å². The van der Waals surface area contributed by atoms with E-state index in [0.717, 1.165) is 5.56 Å². The first kappa shape index (κ1) is 20.2. The molecule has 150 valence electrons. The maximum atomic E-state index is 11.9. The molecule has 0 atom stereocenters. The summed E-state index contributed by atoms with van der Waals surface area (Å²) in [6, 6.07) is 9.03. The molecule has 1 aromatic carbocycles. The van der Waals surface area contributed by atoms with E-state index in [-0.39, 0.29) is 23.5 Å². The van der Waals surface area contributed by atoms with Crippen molar-refractivity contribution in [3.8, 4) is 17.7 Å². The Morgan fingerprint density at radius 2 is 2.00 bits per heavy atom. The molecule has 1 aromatic heterocycles. The van der Waals surface area contributed by atoms with Crippen molar-refractivity contribution in [3.05, 3.63) is 41.1 Å². The fourth-order valence-corrected chi connectivity index (χ4v) is 3.21. The van der Waals surface area contributed by atoms with Crippen molar-refractivity contribution in [1.29, 1.82) is 5.26 Å². The summed E-state index contributed by atoms with van der Waals surface area (Å²) in [5, 5.41) is 11.8. The quantitative estimate of drug-likeness (QED) is 0.516. The van der Waals surface area contributed by atoms with Crippen molar-refractivity contribution in [2.24, 2.45) is 11.1 Å². The molecule has 0 bridgehead atoms. The molecule has 0 spiro atoms. The summed E-state index contributed by atoms with van der Waals surface area (Å²) < 4.78 is 10.8. The van der Waals surface area contributed by atoms with Crippen LogP contribution >= 0.6 is 0 Å². The number of carbonyl (C=O) groups is 1.